The van der Waals surface area contributed by atoms with Gasteiger partial charge in [0, 0.05) is 6.26 Å². The Bertz CT molecular complexity index is 557. The average molecular weight is 282 g/mol. The van der Waals surface area contributed by atoms with Crippen molar-refractivity contribution < 1.29 is 17.9 Å². The topological polar surface area (TPSA) is 60.4 Å². The predicted molar refractivity (Wildman–Crippen MR) is 71.8 cm³/mol. The zero-order valence-electron chi connectivity index (χ0n) is 11.0. The first-order valence-corrected chi connectivity index (χ1v) is 8.37. The van der Waals surface area contributed by atoms with E-state index in [-0.39, 0.29) is 11.0 Å². The van der Waals surface area contributed by atoms with Crippen molar-refractivity contribution >= 4 is 15.8 Å². The lowest BCUT2D eigenvalue weighted by Gasteiger charge is -2.21. The Kier molecular flexibility index (Phi) is 4.24. The van der Waals surface area contributed by atoms with Gasteiger partial charge >= 0.3 is 5.97 Å². The van der Waals surface area contributed by atoms with E-state index in [0.717, 1.165) is 31.9 Å². The van der Waals surface area contributed by atoms with Crippen LogP contribution in [0.4, 0.5) is 0 Å². The molecule has 1 aliphatic rings. The fourth-order valence-corrected chi connectivity index (χ4v) is 2.92. The molecule has 0 saturated heterocycles. The van der Waals surface area contributed by atoms with Gasteiger partial charge in [-0.25, -0.2) is 13.2 Å². The summed E-state index contributed by atoms with van der Waals surface area (Å²) in [7, 11) is -3.30. The molecule has 5 heteroatoms. The van der Waals surface area contributed by atoms with Crippen molar-refractivity contribution in [2.45, 2.75) is 43.1 Å². The summed E-state index contributed by atoms with van der Waals surface area (Å²) in [5.74, 6) is -0.433. The fourth-order valence-electron chi connectivity index (χ4n) is 2.26. The van der Waals surface area contributed by atoms with Crippen molar-refractivity contribution in [2.24, 2.45) is 0 Å². The molecule has 0 bridgehead atoms. The highest BCUT2D eigenvalue weighted by Gasteiger charge is 2.19. The van der Waals surface area contributed by atoms with E-state index >= 15 is 0 Å². The number of carbonyl (C=O) groups is 1. The summed E-state index contributed by atoms with van der Waals surface area (Å²) >= 11 is 0. The molecule has 0 atom stereocenters. The van der Waals surface area contributed by atoms with E-state index in [1.165, 1.54) is 18.6 Å². The van der Waals surface area contributed by atoms with Crippen LogP contribution >= 0.6 is 0 Å². The maximum Gasteiger partial charge on any atom is 0.338 e. The highest BCUT2D eigenvalue weighted by molar-refractivity contribution is 7.90. The molecule has 0 unspecified atom stereocenters. The number of rotatable bonds is 3. The Morgan fingerprint density at radius 1 is 1.21 bits per heavy atom. The van der Waals surface area contributed by atoms with Crippen molar-refractivity contribution in [1.82, 2.24) is 0 Å². The van der Waals surface area contributed by atoms with Crippen molar-refractivity contribution in [3.05, 3.63) is 29.8 Å². The van der Waals surface area contributed by atoms with E-state index in [9.17, 15) is 13.2 Å². The zero-order valence-corrected chi connectivity index (χ0v) is 11.8. The lowest BCUT2D eigenvalue weighted by molar-refractivity contribution is 0.0211. The second-order valence-electron chi connectivity index (χ2n) is 4.97. The van der Waals surface area contributed by atoms with E-state index in [1.54, 1.807) is 12.1 Å². The molecular weight excluding hydrogens is 264 g/mol. The van der Waals surface area contributed by atoms with Crippen LogP contribution in [0.3, 0.4) is 0 Å². The van der Waals surface area contributed by atoms with Gasteiger partial charge in [-0.1, -0.05) is 12.5 Å². The first-order chi connectivity index (χ1) is 8.97. The van der Waals surface area contributed by atoms with Gasteiger partial charge in [0.2, 0.25) is 0 Å². The van der Waals surface area contributed by atoms with Crippen LogP contribution in [-0.2, 0) is 14.6 Å². The first-order valence-electron chi connectivity index (χ1n) is 6.48. The second kappa shape index (κ2) is 5.74. The van der Waals surface area contributed by atoms with Crippen LogP contribution in [0.5, 0.6) is 0 Å². The van der Waals surface area contributed by atoms with Crippen LogP contribution in [0, 0.1) is 0 Å². The van der Waals surface area contributed by atoms with Gasteiger partial charge in [0.15, 0.2) is 9.84 Å². The minimum Gasteiger partial charge on any atom is -0.459 e. The molecule has 0 amide bonds. The summed E-state index contributed by atoms with van der Waals surface area (Å²) in [6.45, 7) is 0. The second-order valence-corrected chi connectivity index (χ2v) is 6.98. The molecule has 1 aliphatic carbocycles. The first kappa shape index (κ1) is 14.1. The monoisotopic (exact) mass is 282 g/mol. The van der Waals surface area contributed by atoms with Crippen LogP contribution in [0.1, 0.15) is 42.5 Å². The van der Waals surface area contributed by atoms with Gasteiger partial charge < -0.3 is 4.74 Å². The smallest absolute Gasteiger partial charge is 0.338 e. The Morgan fingerprint density at radius 3 is 2.53 bits per heavy atom. The van der Waals surface area contributed by atoms with Gasteiger partial charge in [-0.15, -0.1) is 0 Å². The minimum absolute atomic E-state index is 0.0249. The predicted octanol–water partition coefficient (Wildman–Crippen LogP) is 2.58. The third kappa shape index (κ3) is 3.80. The normalized spacial score (nSPS) is 17.1. The summed E-state index contributed by atoms with van der Waals surface area (Å²) < 4.78 is 28.3. The molecule has 104 valence electrons. The molecule has 0 spiro atoms. The highest BCUT2D eigenvalue weighted by atomic mass is 32.2. The molecule has 0 radical (unpaired) electrons. The van der Waals surface area contributed by atoms with Gasteiger partial charge in [-0.3, -0.25) is 0 Å². The summed E-state index contributed by atoms with van der Waals surface area (Å²) in [6.07, 6.45) is 6.26. The molecule has 0 aromatic heterocycles. The number of hydrogen-bond acceptors (Lipinski definition) is 4. The third-order valence-electron chi connectivity index (χ3n) is 3.32. The molecular formula is C14H18O4S. The van der Waals surface area contributed by atoms with Crippen molar-refractivity contribution in [3.8, 4) is 0 Å². The maximum absolute atomic E-state index is 12.0. The minimum atomic E-state index is -3.30. The van der Waals surface area contributed by atoms with Crippen LogP contribution in [0.15, 0.2) is 29.2 Å². The summed E-state index contributed by atoms with van der Waals surface area (Å²) in [5.41, 5.74) is 0.300. The van der Waals surface area contributed by atoms with Gasteiger partial charge in [-0.05, 0) is 43.9 Å². The molecule has 0 N–H and O–H groups in total. The van der Waals surface area contributed by atoms with Gasteiger partial charge in [0.1, 0.15) is 6.10 Å². The van der Waals surface area contributed by atoms with E-state index in [0.29, 0.717) is 5.56 Å². The Hall–Kier alpha value is -1.36. The van der Waals surface area contributed by atoms with Crippen LogP contribution < -0.4 is 0 Å². The molecule has 0 aliphatic heterocycles. The molecule has 4 nitrogen and oxygen atoms in total. The van der Waals surface area contributed by atoms with Gasteiger partial charge in [0.05, 0.1) is 10.5 Å². The lowest BCUT2D eigenvalue weighted by atomic mass is 9.98. The van der Waals surface area contributed by atoms with Crippen LogP contribution in [0.25, 0.3) is 0 Å². The molecule has 1 fully saturated rings. The number of carbonyl (C=O) groups excluding carboxylic acids is 1. The largest absolute Gasteiger partial charge is 0.459 e. The lowest BCUT2D eigenvalue weighted by Crippen LogP contribution is -2.21. The number of hydrogen-bond donors (Lipinski definition) is 0. The molecule has 1 aromatic rings. The number of benzene rings is 1. The zero-order chi connectivity index (χ0) is 13.9. The van der Waals surface area contributed by atoms with Crippen molar-refractivity contribution in [3.63, 3.8) is 0 Å². The number of sulfone groups is 1. The summed E-state index contributed by atoms with van der Waals surface area (Å²) in [6, 6.07) is 6.00. The van der Waals surface area contributed by atoms with E-state index in [4.69, 9.17) is 4.74 Å². The number of ether oxygens (including phenoxy) is 1. The SMILES string of the molecule is CS(=O)(=O)c1cccc(C(=O)OC2CCCCC2)c1. The van der Waals surface area contributed by atoms with Crippen molar-refractivity contribution in [1.29, 1.82) is 0 Å². The van der Waals surface area contributed by atoms with Crippen LogP contribution in [-0.4, -0.2) is 26.7 Å². The highest BCUT2D eigenvalue weighted by Crippen LogP contribution is 2.22. The number of esters is 1. The molecule has 1 saturated carbocycles. The van der Waals surface area contributed by atoms with Gasteiger partial charge in [-0.2, -0.15) is 0 Å². The fraction of sp³-hybridized carbons (Fsp3) is 0.500. The average Bonchev–Trinajstić information content (AvgIpc) is 2.39. The summed E-state index contributed by atoms with van der Waals surface area (Å²) in [5, 5.41) is 0. The third-order valence-corrected chi connectivity index (χ3v) is 4.43. The molecule has 2 rings (SSSR count). The maximum atomic E-state index is 12.0. The standard InChI is InChI=1S/C14H18O4S/c1-19(16,17)13-9-5-6-11(10-13)14(15)18-12-7-3-2-4-8-12/h5-6,9-10,12H,2-4,7-8H2,1H3. The Labute approximate surface area is 113 Å². The van der Waals surface area contributed by atoms with Gasteiger partial charge in [0.25, 0.3) is 0 Å². The Balaban J connectivity index is 2.10. The van der Waals surface area contributed by atoms with E-state index in [2.05, 4.69) is 0 Å². The molecule has 1 aromatic carbocycles. The van der Waals surface area contributed by atoms with E-state index in [1.807, 2.05) is 0 Å². The van der Waals surface area contributed by atoms with E-state index < -0.39 is 15.8 Å². The Morgan fingerprint density at radius 2 is 1.89 bits per heavy atom. The quantitative estimate of drug-likeness (QED) is 0.799. The van der Waals surface area contributed by atoms with Crippen molar-refractivity contribution in [2.75, 3.05) is 6.26 Å². The molecule has 0 heterocycles. The van der Waals surface area contributed by atoms with Crippen LogP contribution in [0.2, 0.25) is 0 Å². The molecule has 19 heavy (non-hydrogen) atoms. The summed E-state index contributed by atoms with van der Waals surface area (Å²) in [4.78, 5) is 12.1.